The second kappa shape index (κ2) is 8.51. The summed E-state index contributed by atoms with van der Waals surface area (Å²) in [6, 6.07) is 1.92. The lowest BCUT2D eigenvalue weighted by Gasteiger charge is -2.14. The monoisotopic (exact) mass is 308 g/mol. The van der Waals surface area contributed by atoms with Crippen molar-refractivity contribution in [3.63, 3.8) is 0 Å². The predicted molar refractivity (Wildman–Crippen MR) is 91.7 cm³/mol. The topological polar surface area (TPSA) is 74.2 Å². The Kier molecular flexibility index (Phi) is 7.01. The van der Waals surface area contributed by atoms with Crippen LogP contribution in [0.25, 0.3) is 0 Å². The molecule has 0 aliphatic carbocycles. The number of aliphatic imine (C=N–C) groups is 1. The summed E-state index contributed by atoms with van der Waals surface area (Å²) < 4.78 is 0. The maximum absolute atomic E-state index is 5.19. The maximum atomic E-state index is 5.19. The molecule has 1 heterocycles. The molecule has 21 heavy (non-hydrogen) atoms. The molecule has 0 aliphatic rings. The highest BCUT2D eigenvalue weighted by molar-refractivity contribution is 7.80. The van der Waals surface area contributed by atoms with Gasteiger partial charge in [0.1, 0.15) is 0 Å². The second-order valence-electron chi connectivity index (χ2n) is 5.17. The number of guanidine groups is 1. The van der Waals surface area contributed by atoms with E-state index < -0.39 is 0 Å². The second-order valence-corrected chi connectivity index (χ2v) is 5.58. The summed E-state index contributed by atoms with van der Waals surface area (Å²) in [6.45, 7) is 11.5. The third-order valence-electron chi connectivity index (χ3n) is 2.40. The molecular formula is C14H24N6S. The lowest BCUT2D eigenvalue weighted by molar-refractivity contribution is 0.664. The smallest absolute Gasteiger partial charge is 0.229 e. The lowest BCUT2D eigenvalue weighted by atomic mass is 10.2. The third-order valence-corrected chi connectivity index (χ3v) is 2.64. The minimum absolute atomic E-state index is 0.455. The Labute approximate surface area is 131 Å². The van der Waals surface area contributed by atoms with Gasteiger partial charge in [0, 0.05) is 24.5 Å². The van der Waals surface area contributed by atoms with Crippen molar-refractivity contribution in [1.82, 2.24) is 20.6 Å². The summed E-state index contributed by atoms with van der Waals surface area (Å²) in [5.74, 6) is 1.53. The molecule has 0 saturated carbocycles. The minimum Gasteiger partial charge on any atom is -0.363 e. The van der Waals surface area contributed by atoms with Crippen LogP contribution in [0, 0.1) is 19.8 Å². The molecule has 0 atom stereocenters. The zero-order valence-electron chi connectivity index (χ0n) is 13.3. The highest BCUT2D eigenvalue weighted by Crippen LogP contribution is 2.03. The first-order chi connectivity index (χ1) is 9.90. The predicted octanol–water partition coefficient (Wildman–Crippen LogP) is 2.00. The summed E-state index contributed by atoms with van der Waals surface area (Å²) >= 11 is 5.19. The Morgan fingerprint density at radius 3 is 2.43 bits per heavy atom. The number of rotatable bonds is 4. The van der Waals surface area contributed by atoms with Gasteiger partial charge in [0.2, 0.25) is 11.9 Å². The average molecular weight is 308 g/mol. The molecular weight excluding hydrogens is 284 g/mol. The van der Waals surface area contributed by atoms with Crippen LogP contribution in [-0.2, 0) is 0 Å². The van der Waals surface area contributed by atoms with Gasteiger partial charge in [-0.2, -0.15) is 0 Å². The number of hydrogen-bond donors (Lipinski definition) is 3. The highest BCUT2D eigenvalue weighted by atomic mass is 32.1. The summed E-state index contributed by atoms with van der Waals surface area (Å²) in [4.78, 5) is 13.2. The van der Waals surface area contributed by atoms with Gasteiger partial charge in [0.25, 0.3) is 0 Å². The summed E-state index contributed by atoms with van der Waals surface area (Å²) in [5, 5.41) is 9.69. The fraction of sp³-hybridized carbons (Fsp3) is 0.571. The molecule has 0 fully saturated rings. The van der Waals surface area contributed by atoms with Gasteiger partial charge in [-0.05, 0) is 45.0 Å². The van der Waals surface area contributed by atoms with Gasteiger partial charge in [-0.25, -0.2) is 9.97 Å². The van der Waals surface area contributed by atoms with E-state index in [9.17, 15) is 0 Å². The zero-order chi connectivity index (χ0) is 15.8. The summed E-state index contributed by atoms with van der Waals surface area (Å²) in [6.07, 6.45) is 0. The largest absolute Gasteiger partial charge is 0.363 e. The van der Waals surface area contributed by atoms with Gasteiger partial charge in [0.05, 0.1) is 0 Å². The molecule has 0 aliphatic heterocycles. The molecule has 0 unspecified atom stereocenters. The minimum atomic E-state index is 0.455. The van der Waals surface area contributed by atoms with E-state index in [4.69, 9.17) is 12.2 Å². The molecule has 0 amide bonds. The van der Waals surface area contributed by atoms with Gasteiger partial charge >= 0.3 is 0 Å². The normalized spacial score (nSPS) is 11.4. The molecule has 0 saturated heterocycles. The van der Waals surface area contributed by atoms with Gasteiger partial charge < -0.3 is 10.6 Å². The zero-order valence-corrected chi connectivity index (χ0v) is 14.1. The first-order valence-corrected chi connectivity index (χ1v) is 7.50. The molecule has 0 aromatic carbocycles. The van der Waals surface area contributed by atoms with E-state index in [1.165, 1.54) is 0 Å². The Morgan fingerprint density at radius 1 is 1.29 bits per heavy atom. The van der Waals surface area contributed by atoms with Gasteiger partial charge in [-0.15, -0.1) is 0 Å². The molecule has 1 aromatic heterocycles. The highest BCUT2D eigenvalue weighted by Gasteiger charge is 2.06. The number of nitrogens with zero attached hydrogens (tertiary/aromatic N) is 3. The van der Waals surface area contributed by atoms with Gasteiger partial charge in [-0.1, -0.05) is 13.8 Å². The van der Waals surface area contributed by atoms with Crippen LogP contribution in [0.4, 0.5) is 5.95 Å². The molecule has 1 rings (SSSR count). The van der Waals surface area contributed by atoms with E-state index in [-0.39, 0.29) is 0 Å². The van der Waals surface area contributed by atoms with Crippen LogP contribution in [-0.4, -0.2) is 34.1 Å². The van der Waals surface area contributed by atoms with Crippen molar-refractivity contribution in [2.24, 2.45) is 10.9 Å². The van der Waals surface area contributed by atoms with Crippen molar-refractivity contribution in [1.29, 1.82) is 0 Å². The maximum Gasteiger partial charge on any atom is 0.229 e. The summed E-state index contributed by atoms with van der Waals surface area (Å²) in [7, 11) is 0. The van der Waals surface area contributed by atoms with E-state index >= 15 is 0 Å². The molecule has 0 bridgehead atoms. The fourth-order valence-electron chi connectivity index (χ4n) is 1.58. The summed E-state index contributed by atoms with van der Waals surface area (Å²) in [5.41, 5.74) is 1.81. The third kappa shape index (κ3) is 6.99. The number of nitrogens with one attached hydrogen (secondary N) is 3. The average Bonchev–Trinajstić information content (AvgIpc) is 2.34. The number of aromatic nitrogens is 2. The van der Waals surface area contributed by atoms with E-state index in [1.807, 2.05) is 26.8 Å². The van der Waals surface area contributed by atoms with Crippen LogP contribution in [0.3, 0.4) is 0 Å². The molecule has 7 heteroatoms. The van der Waals surface area contributed by atoms with Crippen molar-refractivity contribution >= 4 is 29.2 Å². The first kappa shape index (κ1) is 17.3. The van der Waals surface area contributed by atoms with Gasteiger partial charge in [0.15, 0.2) is 5.11 Å². The molecule has 1 aromatic rings. The molecule has 0 radical (unpaired) electrons. The number of thiocarbonyl (C=S) groups is 1. The van der Waals surface area contributed by atoms with Gasteiger partial charge in [-0.3, -0.25) is 10.3 Å². The van der Waals surface area contributed by atoms with E-state index in [0.29, 0.717) is 29.5 Å². The van der Waals surface area contributed by atoms with Crippen molar-refractivity contribution in [2.45, 2.75) is 34.6 Å². The van der Waals surface area contributed by atoms with Crippen LogP contribution >= 0.6 is 12.2 Å². The van der Waals surface area contributed by atoms with E-state index in [0.717, 1.165) is 17.9 Å². The van der Waals surface area contributed by atoms with E-state index in [2.05, 4.69) is 44.8 Å². The lowest BCUT2D eigenvalue weighted by Crippen LogP contribution is -2.43. The SMILES string of the molecule is CCNC(=S)NC(=NCC(C)C)Nc1nc(C)cc(C)n1. The number of hydrogen-bond acceptors (Lipinski definition) is 4. The van der Waals surface area contributed by atoms with E-state index in [1.54, 1.807) is 0 Å². The van der Waals surface area contributed by atoms with Crippen LogP contribution < -0.4 is 16.0 Å². The Hall–Kier alpha value is -1.76. The molecule has 3 N–H and O–H groups in total. The molecule has 6 nitrogen and oxygen atoms in total. The number of aryl methyl sites for hydroxylation is 2. The van der Waals surface area contributed by atoms with Crippen molar-refractivity contribution < 1.29 is 0 Å². The van der Waals surface area contributed by atoms with Crippen LogP contribution in [0.2, 0.25) is 0 Å². The Balaban J connectivity index is 2.85. The fourth-order valence-corrected chi connectivity index (χ4v) is 1.83. The van der Waals surface area contributed by atoms with Crippen LogP contribution in [0.15, 0.2) is 11.1 Å². The Morgan fingerprint density at radius 2 is 1.90 bits per heavy atom. The van der Waals surface area contributed by atoms with Crippen molar-refractivity contribution in [2.75, 3.05) is 18.4 Å². The number of anilines is 1. The van der Waals surface area contributed by atoms with Crippen molar-refractivity contribution in [3.8, 4) is 0 Å². The van der Waals surface area contributed by atoms with Crippen LogP contribution in [0.1, 0.15) is 32.2 Å². The standard InChI is InChI=1S/C14H24N6S/c1-6-15-14(21)20-12(16-8-9(2)3)19-13-17-10(4)7-11(5)18-13/h7,9H,6,8H2,1-5H3,(H3,15,16,17,18,19,20,21). The van der Waals surface area contributed by atoms with Crippen molar-refractivity contribution in [3.05, 3.63) is 17.5 Å². The quantitative estimate of drug-likeness (QED) is 0.449. The molecule has 116 valence electrons. The molecule has 0 spiro atoms. The first-order valence-electron chi connectivity index (χ1n) is 7.09. The Bertz CT molecular complexity index is 492. The van der Waals surface area contributed by atoms with Crippen LogP contribution in [0.5, 0.6) is 0 Å².